The maximum absolute atomic E-state index is 12.1. The van der Waals surface area contributed by atoms with Crippen LogP contribution in [0, 0.1) is 0 Å². The fourth-order valence-electron chi connectivity index (χ4n) is 1.62. The molecule has 1 aromatic rings. The van der Waals surface area contributed by atoms with Gasteiger partial charge in [-0.25, -0.2) is 13.1 Å². The zero-order valence-corrected chi connectivity index (χ0v) is 12.2. The van der Waals surface area contributed by atoms with Gasteiger partial charge in [-0.15, -0.1) is 0 Å². The van der Waals surface area contributed by atoms with Crippen LogP contribution in [0.15, 0.2) is 29.2 Å². The van der Waals surface area contributed by atoms with E-state index in [9.17, 15) is 21.6 Å². The van der Waals surface area contributed by atoms with Crippen LogP contribution < -0.4 is 10.0 Å². The van der Waals surface area contributed by atoms with E-state index in [0.717, 1.165) is 0 Å². The minimum atomic E-state index is -4.42. The van der Waals surface area contributed by atoms with Crippen LogP contribution in [0.2, 0.25) is 0 Å². The molecule has 0 bridgehead atoms. The number of ether oxygens (including phenoxy) is 1. The highest BCUT2D eigenvalue weighted by molar-refractivity contribution is 7.89. The van der Waals surface area contributed by atoms with Crippen molar-refractivity contribution in [3.8, 4) is 0 Å². The second-order valence-corrected chi connectivity index (χ2v) is 5.94. The Kier molecular flexibility index (Phi) is 6.59. The van der Waals surface area contributed by atoms with Crippen LogP contribution >= 0.6 is 0 Å². The molecule has 21 heavy (non-hydrogen) atoms. The van der Waals surface area contributed by atoms with Gasteiger partial charge in [0.25, 0.3) is 0 Å². The van der Waals surface area contributed by atoms with E-state index in [4.69, 9.17) is 0 Å². The first-order valence-electron chi connectivity index (χ1n) is 6.13. The van der Waals surface area contributed by atoms with Gasteiger partial charge in [-0.2, -0.15) is 13.2 Å². The number of nitrogens with one attached hydrogen (secondary N) is 2. The van der Waals surface area contributed by atoms with Crippen LogP contribution in [0.3, 0.4) is 0 Å². The predicted molar refractivity (Wildman–Crippen MR) is 71.3 cm³/mol. The molecule has 9 heteroatoms. The first-order chi connectivity index (χ1) is 9.76. The molecule has 0 spiro atoms. The summed E-state index contributed by atoms with van der Waals surface area (Å²) in [5.41, 5.74) is 0.573. The third-order valence-electron chi connectivity index (χ3n) is 2.43. The molecule has 0 fully saturated rings. The minimum Gasteiger partial charge on any atom is -0.371 e. The van der Waals surface area contributed by atoms with Crippen molar-refractivity contribution in [2.24, 2.45) is 0 Å². The molecule has 0 atom stereocenters. The Labute approximate surface area is 121 Å². The summed E-state index contributed by atoms with van der Waals surface area (Å²) in [5.74, 6) is 0. The first kappa shape index (κ1) is 17.9. The fraction of sp³-hybridized carbons (Fsp3) is 0.500. The topological polar surface area (TPSA) is 67.4 Å². The van der Waals surface area contributed by atoms with Gasteiger partial charge in [0.1, 0.15) is 6.61 Å². The van der Waals surface area contributed by atoms with Gasteiger partial charge in [-0.05, 0) is 18.7 Å². The molecule has 5 nitrogen and oxygen atoms in total. The van der Waals surface area contributed by atoms with Gasteiger partial charge in [0, 0.05) is 13.1 Å². The molecule has 2 N–H and O–H groups in total. The smallest absolute Gasteiger partial charge is 0.371 e. The summed E-state index contributed by atoms with van der Waals surface area (Å²) in [6.45, 7) is -1.62. The molecule has 0 aromatic heterocycles. The summed E-state index contributed by atoms with van der Waals surface area (Å²) in [4.78, 5) is 0.0928. The molecule has 0 amide bonds. The number of rotatable bonds is 8. The number of sulfonamides is 1. The van der Waals surface area contributed by atoms with Gasteiger partial charge in [-0.3, -0.25) is 0 Å². The molecular formula is C12H17F3N2O3S. The van der Waals surface area contributed by atoms with E-state index < -0.39 is 22.8 Å². The summed E-state index contributed by atoms with van der Waals surface area (Å²) in [5, 5.41) is 2.85. The molecule has 0 unspecified atom stereocenters. The van der Waals surface area contributed by atoms with Crippen LogP contribution in [0.25, 0.3) is 0 Å². The van der Waals surface area contributed by atoms with Gasteiger partial charge >= 0.3 is 6.18 Å². The zero-order valence-electron chi connectivity index (χ0n) is 11.4. The van der Waals surface area contributed by atoms with Crippen LogP contribution in [-0.2, 0) is 21.3 Å². The summed E-state index contributed by atoms with van der Waals surface area (Å²) >= 11 is 0. The predicted octanol–water partition coefficient (Wildman–Crippen LogP) is 1.26. The molecule has 1 aromatic carbocycles. The summed E-state index contributed by atoms with van der Waals surface area (Å²) in [6, 6.07) is 6.38. The minimum absolute atomic E-state index is 0.0928. The third-order valence-corrected chi connectivity index (χ3v) is 4.00. The van der Waals surface area contributed by atoms with Gasteiger partial charge in [0.2, 0.25) is 10.0 Å². The highest BCUT2D eigenvalue weighted by Crippen LogP contribution is 2.15. The molecule has 0 aliphatic carbocycles. The fourth-order valence-corrected chi connectivity index (χ4v) is 2.87. The highest BCUT2D eigenvalue weighted by Gasteiger charge is 2.27. The van der Waals surface area contributed by atoms with Crippen molar-refractivity contribution in [3.63, 3.8) is 0 Å². The first-order valence-corrected chi connectivity index (χ1v) is 7.61. The van der Waals surface area contributed by atoms with Crippen molar-refractivity contribution in [2.45, 2.75) is 17.6 Å². The lowest BCUT2D eigenvalue weighted by molar-refractivity contribution is -0.173. The Morgan fingerprint density at radius 3 is 2.52 bits per heavy atom. The lowest BCUT2D eigenvalue weighted by atomic mass is 10.2. The second kappa shape index (κ2) is 7.74. The van der Waals surface area contributed by atoms with Crippen molar-refractivity contribution < 1.29 is 26.3 Å². The SMILES string of the molecule is CNCc1ccccc1S(=O)(=O)NCCOCC(F)(F)F. The van der Waals surface area contributed by atoms with E-state index in [1.54, 1.807) is 25.2 Å². The third kappa shape index (κ3) is 6.42. The molecule has 0 saturated heterocycles. The highest BCUT2D eigenvalue weighted by atomic mass is 32.2. The van der Waals surface area contributed by atoms with Crippen molar-refractivity contribution >= 4 is 10.0 Å². The Morgan fingerprint density at radius 2 is 1.90 bits per heavy atom. The van der Waals surface area contributed by atoms with Crippen molar-refractivity contribution in [1.82, 2.24) is 10.0 Å². The lowest BCUT2D eigenvalue weighted by Crippen LogP contribution is -2.30. The summed E-state index contributed by atoms with van der Waals surface area (Å²) in [6.07, 6.45) is -4.42. The second-order valence-electron chi connectivity index (χ2n) is 4.20. The molecular weight excluding hydrogens is 309 g/mol. The number of hydrogen-bond donors (Lipinski definition) is 2. The average Bonchev–Trinajstić information content (AvgIpc) is 2.37. The normalized spacial score (nSPS) is 12.6. The number of hydrogen-bond acceptors (Lipinski definition) is 4. The Morgan fingerprint density at radius 1 is 1.24 bits per heavy atom. The molecule has 0 aliphatic rings. The van der Waals surface area contributed by atoms with Gasteiger partial charge in [-0.1, -0.05) is 18.2 Å². The Balaban J connectivity index is 2.58. The summed E-state index contributed by atoms with van der Waals surface area (Å²) < 4.78 is 66.2. The summed E-state index contributed by atoms with van der Waals surface area (Å²) in [7, 11) is -2.10. The van der Waals surface area contributed by atoms with Gasteiger partial charge < -0.3 is 10.1 Å². The van der Waals surface area contributed by atoms with Gasteiger partial charge in [0.15, 0.2) is 0 Å². The van der Waals surface area contributed by atoms with E-state index in [1.165, 1.54) is 6.07 Å². The van der Waals surface area contributed by atoms with E-state index in [-0.39, 0.29) is 18.0 Å². The van der Waals surface area contributed by atoms with Gasteiger partial charge in [0.05, 0.1) is 11.5 Å². The maximum Gasteiger partial charge on any atom is 0.411 e. The molecule has 1 rings (SSSR count). The molecule has 0 heterocycles. The van der Waals surface area contributed by atoms with Crippen LogP contribution in [0.1, 0.15) is 5.56 Å². The number of alkyl halides is 3. The number of halogens is 3. The molecule has 0 aliphatic heterocycles. The molecule has 0 saturated carbocycles. The average molecular weight is 326 g/mol. The standard InChI is InChI=1S/C12H17F3N2O3S/c1-16-8-10-4-2-3-5-11(10)21(18,19)17-6-7-20-9-12(13,14)15/h2-5,16-17H,6-9H2,1H3. The van der Waals surface area contributed by atoms with E-state index >= 15 is 0 Å². The van der Waals surface area contributed by atoms with Crippen molar-refractivity contribution in [3.05, 3.63) is 29.8 Å². The van der Waals surface area contributed by atoms with Crippen LogP contribution in [-0.4, -0.2) is 41.4 Å². The number of benzene rings is 1. The molecule has 0 radical (unpaired) electrons. The Bertz CT molecular complexity index is 547. The maximum atomic E-state index is 12.1. The zero-order chi connectivity index (χ0) is 15.9. The van der Waals surface area contributed by atoms with Crippen LogP contribution in [0.4, 0.5) is 13.2 Å². The Hall–Kier alpha value is -1.16. The van der Waals surface area contributed by atoms with E-state index in [0.29, 0.717) is 12.1 Å². The molecule has 120 valence electrons. The largest absolute Gasteiger partial charge is 0.411 e. The van der Waals surface area contributed by atoms with E-state index in [1.807, 2.05) is 0 Å². The van der Waals surface area contributed by atoms with Crippen molar-refractivity contribution in [2.75, 3.05) is 26.8 Å². The quantitative estimate of drug-likeness (QED) is 0.706. The lowest BCUT2D eigenvalue weighted by Gasteiger charge is -2.12. The van der Waals surface area contributed by atoms with Crippen molar-refractivity contribution in [1.29, 1.82) is 0 Å². The van der Waals surface area contributed by atoms with E-state index in [2.05, 4.69) is 14.8 Å². The van der Waals surface area contributed by atoms with Crippen LogP contribution in [0.5, 0.6) is 0 Å². The monoisotopic (exact) mass is 326 g/mol.